The van der Waals surface area contributed by atoms with Gasteiger partial charge in [-0.15, -0.1) is 0 Å². The number of nitrogens with two attached hydrogens (primary N) is 1. The maximum absolute atomic E-state index is 12.0. The highest BCUT2D eigenvalue weighted by atomic mass is 79.9. The monoisotopic (exact) mass is 353 g/mol. The molecule has 20 heavy (non-hydrogen) atoms. The van der Waals surface area contributed by atoms with Gasteiger partial charge in [0.05, 0.1) is 5.56 Å². The molecule has 0 aliphatic carbocycles. The number of ether oxygens (including phenoxy) is 1. The van der Waals surface area contributed by atoms with Crippen molar-refractivity contribution in [3.63, 3.8) is 0 Å². The van der Waals surface area contributed by atoms with Crippen LogP contribution in [0.4, 0.5) is 5.69 Å². The lowest BCUT2D eigenvalue weighted by molar-refractivity contribution is 0.0472. The number of esters is 1. The van der Waals surface area contributed by atoms with Crippen molar-refractivity contribution in [1.29, 1.82) is 0 Å². The summed E-state index contributed by atoms with van der Waals surface area (Å²) in [5.74, 6) is -0.388. The molecule has 0 atom stereocenters. The van der Waals surface area contributed by atoms with Gasteiger partial charge in [-0.3, -0.25) is 0 Å². The summed E-state index contributed by atoms with van der Waals surface area (Å²) in [4.78, 5) is 12.0. The highest BCUT2D eigenvalue weighted by molar-refractivity contribution is 9.10. The van der Waals surface area contributed by atoms with E-state index in [4.69, 9.17) is 22.1 Å². The van der Waals surface area contributed by atoms with Crippen LogP contribution in [0.15, 0.2) is 40.9 Å². The summed E-state index contributed by atoms with van der Waals surface area (Å²) in [6.07, 6.45) is 0. The maximum atomic E-state index is 12.0. The fourth-order valence-electron chi connectivity index (χ4n) is 1.78. The van der Waals surface area contributed by atoms with E-state index in [0.29, 0.717) is 16.3 Å². The van der Waals surface area contributed by atoms with Crippen molar-refractivity contribution in [1.82, 2.24) is 0 Å². The van der Waals surface area contributed by atoms with E-state index in [0.717, 1.165) is 15.6 Å². The normalized spacial score (nSPS) is 10.3. The molecule has 0 aliphatic rings. The predicted molar refractivity (Wildman–Crippen MR) is 83.9 cm³/mol. The lowest BCUT2D eigenvalue weighted by atomic mass is 10.1. The second-order valence-electron chi connectivity index (χ2n) is 4.39. The summed E-state index contributed by atoms with van der Waals surface area (Å²) in [7, 11) is 0. The van der Waals surface area contributed by atoms with Gasteiger partial charge in [-0.05, 0) is 42.8 Å². The van der Waals surface area contributed by atoms with Crippen molar-refractivity contribution in [3.05, 3.63) is 62.6 Å². The Hall–Kier alpha value is -1.52. The lowest BCUT2D eigenvalue weighted by Crippen LogP contribution is -2.07. The van der Waals surface area contributed by atoms with Crippen LogP contribution in [-0.2, 0) is 11.3 Å². The average Bonchev–Trinajstić information content (AvgIpc) is 2.37. The Morgan fingerprint density at radius 2 is 2.05 bits per heavy atom. The number of hydrogen-bond acceptors (Lipinski definition) is 3. The quantitative estimate of drug-likeness (QED) is 0.658. The summed E-state index contributed by atoms with van der Waals surface area (Å²) in [5, 5.41) is 0.557. The van der Waals surface area contributed by atoms with Gasteiger partial charge in [0.25, 0.3) is 0 Å². The molecule has 0 fully saturated rings. The fraction of sp³-hybridized carbons (Fsp3) is 0.133. The van der Waals surface area contributed by atoms with Crippen LogP contribution in [0.25, 0.3) is 0 Å². The second-order valence-corrected chi connectivity index (χ2v) is 5.71. The van der Waals surface area contributed by atoms with Gasteiger partial charge in [0.1, 0.15) is 6.61 Å². The van der Waals surface area contributed by atoms with Crippen molar-refractivity contribution in [2.45, 2.75) is 13.5 Å². The Balaban J connectivity index is 2.08. The van der Waals surface area contributed by atoms with Gasteiger partial charge < -0.3 is 10.5 Å². The molecule has 0 saturated heterocycles. The molecule has 5 heteroatoms. The zero-order valence-corrected chi connectivity index (χ0v) is 13.2. The van der Waals surface area contributed by atoms with Crippen LogP contribution in [0, 0.1) is 6.92 Å². The standard InChI is InChI=1S/C15H13BrClNO2/c1-9-6-12(18)4-5-13(9)15(19)20-8-10-2-3-11(16)7-14(10)17/h2-7H,8,18H2,1H3. The molecule has 2 N–H and O–H groups in total. The molecule has 0 aliphatic heterocycles. The van der Waals surface area contributed by atoms with Crippen molar-refractivity contribution in [3.8, 4) is 0 Å². The Morgan fingerprint density at radius 1 is 1.30 bits per heavy atom. The molecule has 2 aromatic carbocycles. The average molecular weight is 355 g/mol. The summed E-state index contributed by atoms with van der Waals surface area (Å²) < 4.78 is 6.16. The van der Waals surface area contributed by atoms with E-state index in [1.807, 2.05) is 19.1 Å². The summed E-state index contributed by atoms with van der Waals surface area (Å²) in [6.45, 7) is 1.95. The smallest absolute Gasteiger partial charge is 0.338 e. The van der Waals surface area contributed by atoms with E-state index < -0.39 is 0 Å². The van der Waals surface area contributed by atoms with Crippen LogP contribution in [-0.4, -0.2) is 5.97 Å². The first kappa shape index (κ1) is 14.9. The molecule has 2 rings (SSSR count). The highest BCUT2D eigenvalue weighted by Crippen LogP contribution is 2.22. The van der Waals surface area contributed by atoms with Gasteiger partial charge in [-0.2, -0.15) is 0 Å². The molecule has 0 heterocycles. The number of benzene rings is 2. The van der Waals surface area contributed by atoms with Gasteiger partial charge in [0, 0.05) is 20.7 Å². The van der Waals surface area contributed by atoms with Crippen molar-refractivity contribution in [2.75, 3.05) is 5.73 Å². The van der Waals surface area contributed by atoms with Crippen molar-refractivity contribution >= 4 is 39.2 Å². The van der Waals surface area contributed by atoms with Crippen molar-refractivity contribution < 1.29 is 9.53 Å². The number of nitrogen functional groups attached to an aromatic ring is 1. The minimum atomic E-state index is -0.388. The van der Waals surface area contributed by atoms with Crippen LogP contribution in [0.1, 0.15) is 21.5 Å². The van der Waals surface area contributed by atoms with E-state index in [2.05, 4.69) is 15.9 Å². The Kier molecular flexibility index (Phi) is 4.68. The summed E-state index contributed by atoms with van der Waals surface area (Å²) in [5.41, 5.74) is 8.33. The number of aryl methyl sites for hydroxylation is 1. The molecule has 0 radical (unpaired) electrons. The number of rotatable bonds is 3. The molecule has 2 aromatic rings. The molecule has 0 amide bonds. The number of carbonyl (C=O) groups is 1. The lowest BCUT2D eigenvalue weighted by Gasteiger charge is -2.09. The molecule has 0 aromatic heterocycles. The first-order valence-electron chi connectivity index (χ1n) is 5.94. The molecule has 0 bridgehead atoms. The molecular formula is C15H13BrClNO2. The first-order chi connectivity index (χ1) is 9.47. The number of halogens is 2. The minimum absolute atomic E-state index is 0.134. The molecule has 0 saturated carbocycles. The van der Waals surface area contributed by atoms with Gasteiger partial charge in [-0.1, -0.05) is 33.6 Å². The van der Waals surface area contributed by atoms with E-state index >= 15 is 0 Å². The van der Waals surface area contributed by atoms with Crippen LogP contribution in [0.3, 0.4) is 0 Å². The molecule has 0 spiro atoms. The Bertz CT molecular complexity index is 658. The van der Waals surface area contributed by atoms with Crippen LogP contribution >= 0.6 is 27.5 Å². The zero-order valence-electron chi connectivity index (χ0n) is 10.8. The Labute approximate surface area is 130 Å². The second kappa shape index (κ2) is 6.29. The largest absolute Gasteiger partial charge is 0.457 e. The van der Waals surface area contributed by atoms with E-state index in [-0.39, 0.29) is 12.6 Å². The third-order valence-corrected chi connectivity index (χ3v) is 3.69. The topological polar surface area (TPSA) is 52.3 Å². The fourth-order valence-corrected chi connectivity index (χ4v) is 2.50. The van der Waals surface area contributed by atoms with Gasteiger partial charge in [0.2, 0.25) is 0 Å². The molecule has 3 nitrogen and oxygen atoms in total. The number of carbonyl (C=O) groups excluding carboxylic acids is 1. The number of hydrogen-bond donors (Lipinski definition) is 1. The third-order valence-electron chi connectivity index (χ3n) is 2.84. The predicted octanol–water partition coefficient (Wildman–Crippen LogP) is 4.35. The molecular weight excluding hydrogens is 342 g/mol. The van der Waals surface area contributed by atoms with Gasteiger partial charge in [0.15, 0.2) is 0 Å². The maximum Gasteiger partial charge on any atom is 0.338 e. The van der Waals surface area contributed by atoms with Gasteiger partial charge >= 0.3 is 5.97 Å². The van der Waals surface area contributed by atoms with Crippen LogP contribution < -0.4 is 5.73 Å². The molecule has 0 unspecified atom stereocenters. The first-order valence-corrected chi connectivity index (χ1v) is 7.11. The van der Waals surface area contributed by atoms with E-state index in [9.17, 15) is 4.79 Å². The Morgan fingerprint density at radius 3 is 2.70 bits per heavy atom. The van der Waals surface area contributed by atoms with E-state index in [1.165, 1.54) is 0 Å². The van der Waals surface area contributed by atoms with E-state index in [1.54, 1.807) is 24.3 Å². The zero-order chi connectivity index (χ0) is 14.7. The van der Waals surface area contributed by atoms with Crippen LogP contribution in [0.2, 0.25) is 5.02 Å². The molecule has 104 valence electrons. The SMILES string of the molecule is Cc1cc(N)ccc1C(=O)OCc1ccc(Br)cc1Cl. The third kappa shape index (κ3) is 3.52. The van der Waals surface area contributed by atoms with Crippen molar-refractivity contribution in [2.24, 2.45) is 0 Å². The summed E-state index contributed by atoms with van der Waals surface area (Å²) in [6, 6.07) is 10.5. The summed E-state index contributed by atoms with van der Waals surface area (Å²) >= 11 is 9.40. The van der Waals surface area contributed by atoms with Gasteiger partial charge in [-0.25, -0.2) is 4.79 Å². The highest BCUT2D eigenvalue weighted by Gasteiger charge is 2.11. The van der Waals surface area contributed by atoms with Crippen LogP contribution in [0.5, 0.6) is 0 Å². The number of anilines is 1. The minimum Gasteiger partial charge on any atom is -0.457 e.